The van der Waals surface area contributed by atoms with Gasteiger partial charge in [-0.3, -0.25) is 0 Å². The highest BCUT2D eigenvalue weighted by Gasteiger charge is 2.05. The van der Waals surface area contributed by atoms with E-state index in [1.807, 2.05) is 30.3 Å². The van der Waals surface area contributed by atoms with Crippen LogP contribution in [0.25, 0.3) is 0 Å². The minimum absolute atomic E-state index is 0.324. The smallest absolute Gasteiger partial charge is 0.139 e. The number of hydrogen-bond acceptors (Lipinski definition) is 2. The molecule has 17 heavy (non-hydrogen) atoms. The summed E-state index contributed by atoms with van der Waals surface area (Å²) < 4.78 is 13.7. The first-order chi connectivity index (χ1) is 8.16. The molecule has 2 aromatic rings. The maximum atomic E-state index is 13.3. The fourth-order valence-corrected chi connectivity index (χ4v) is 1.87. The van der Waals surface area contributed by atoms with Crippen LogP contribution in [0, 0.1) is 5.82 Å². The van der Waals surface area contributed by atoms with Crippen molar-refractivity contribution in [3.63, 3.8) is 0 Å². The van der Waals surface area contributed by atoms with Crippen LogP contribution in [0.4, 0.5) is 15.8 Å². The summed E-state index contributed by atoms with van der Waals surface area (Å²) >= 11 is 3.09. The summed E-state index contributed by atoms with van der Waals surface area (Å²) in [6.07, 6.45) is 0. The molecule has 0 saturated carbocycles. The topological polar surface area (TPSA) is 38.0 Å². The van der Waals surface area contributed by atoms with Crippen LogP contribution in [-0.2, 0) is 6.54 Å². The van der Waals surface area contributed by atoms with E-state index in [4.69, 9.17) is 5.73 Å². The molecule has 0 unspecified atom stereocenters. The predicted molar refractivity (Wildman–Crippen MR) is 72.3 cm³/mol. The van der Waals surface area contributed by atoms with Crippen molar-refractivity contribution in [1.29, 1.82) is 0 Å². The Morgan fingerprint density at radius 2 is 1.88 bits per heavy atom. The summed E-state index contributed by atoms with van der Waals surface area (Å²) in [5.74, 6) is -0.324. The third-order valence-corrected chi connectivity index (χ3v) is 3.03. The lowest BCUT2D eigenvalue weighted by Crippen LogP contribution is -2.03. The summed E-state index contributed by atoms with van der Waals surface area (Å²) in [5, 5.41) is 3.11. The molecule has 0 radical (unpaired) electrons. The molecule has 0 amide bonds. The average Bonchev–Trinajstić information content (AvgIpc) is 2.33. The van der Waals surface area contributed by atoms with Crippen molar-refractivity contribution in [2.24, 2.45) is 0 Å². The number of nitrogens with one attached hydrogen (secondary N) is 1. The lowest BCUT2D eigenvalue weighted by Gasteiger charge is -2.10. The molecule has 0 aliphatic heterocycles. The SMILES string of the molecule is Nc1cc(Br)c(F)cc1NCc1ccccc1. The normalized spacial score (nSPS) is 10.2. The molecule has 0 saturated heterocycles. The van der Waals surface area contributed by atoms with Gasteiger partial charge in [-0.05, 0) is 27.6 Å². The average molecular weight is 295 g/mol. The third kappa shape index (κ3) is 2.97. The second kappa shape index (κ2) is 5.19. The highest BCUT2D eigenvalue weighted by atomic mass is 79.9. The van der Waals surface area contributed by atoms with Gasteiger partial charge in [-0.1, -0.05) is 30.3 Å². The van der Waals surface area contributed by atoms with Gasteiger partial charge >= 0.3 is 0 Å². The number of nitrogen functional groups attached to an aromatic ring is 1. The molecule has 0 heterocycles. The van der Waals surface area contributed by atoms with Gasteiger partial charge in [-0.15, -0.1) is 0 Å². The van der Waals surface area contributed by atoms with Crippen LogP contribution in [0.1, 0.15) is 5.56 Å². The second-order valence-corrected chi connectivity index (χ2v) is 4.55. The minimum Gasteiger partial charge on any atom is -0.397 e. The Bertz CT molecular complexity index is 514. The highest BCUT2D eigenvalue weighted by molar-refractivity contribution is 9.10. The molecule has 0 fully saturated rings. The first-order valence-electron chi connectivity index (χ1n) is 5.19. The van der Waals surface area contributed by atoms with Gasteiger partial charge in [0.25, 0.3) is 0 Å². The van der Waals surface area contributed by atoms with Crippen molar-refractivity contribution in [3.05, 3.63) is 58.3 Å². The monoisotopic (exact) mass is 294 g/mol. The maximum Gasteiger partial charge on any atom is 0.139 e. The van der Waals surface area contributed by atoms with Crippen LogP contribution in [0.5, 0.6) is 0 Å². The Labute approximate surface area is 108 Å². The lowest BCUT2D eigenvalue weighted by molar-refractivity contribution is 0.622. The zero-order chi connectivity index (χ0) is 12.3. The molecule has 2 rings (SSSR count). The Morgan fingerprint density at radius 3 is 2.59 bits per heavy atom. The van der Waals surface area contributed by atoms with Gasteiger partial charge in [0.1, 0.15) is 5.82 Å². The van der Waals surface area contributed by atoms with Crippen LogP contribution in [-0.4, -0.2) is 0 Å². The summed E-state index contributed by atoms with van der Waals surface area (Å²) in [6.45, 7) is 0.617. The van der Waals surface area contributed by atoms with Crippen molar-refractivity contribution in [1.82, 2.24) is 0 Å². The van der Waals surface area contributed by atoms with E-state index < -0.39 is 0 Å². The Morgan fingerprint density at radius 1 is 1.18 bits per heavy atom. The van der Waals surface area contributed by atoms with Crippen molar-refractivity contribution >= 4 is 27.3 Å². The van der Waals surface area contributed by atoms with Gasteiger partial charge in [0.2, 0.25) is 0 Å². The van der Waals surface area contributed by atoms with E-state index in [-0.39, 0.29) is 5.82 Å². The van der Waals surface area contributed by atoms with Crippen LogP contribution >= 0.6 is 15.9 Å². The molecule has 88 valence electrons. The lowest BCUT2D eigenvalue weighted by atomic mass is 10.2. The number of anilines is 2. The molecule has 0 aromatic heterocycles. The Hall–Kier alpha value is -1.55. The van der Waals surface area contributed by atoms with Crippen molar-refractivity contribution < 1.29 is 4.39 Å². The minimum atomic E-state index is -0.324. The zero-order valence-electron chi connectivity index (χ0n) is 9.08. The molecular weight excluding hydrogens is 283 g/mol. The van der Waals surface area contributed by atoms with E-state index in [0.29, 0.717) is 22.4 Å². The third-order valence-electron chi connectivity index (χ3n) is 2.42. The Kier molecular flexibility index (Phi) is 3.64. The molecule has 0 atom stereocenters. The van der Waals surface area contributed by atoms with Gasteiger partial charge in [0, 0.05) is 12.6 Å². The van der Waals surface area contributed by atoms with Crippen molar-refractivity contribution in [2.75, 3.05) is 11.1 Å². The molecule has 0 bridgehead atoms. The van der Waals surface area contributed by atoms with E-state index in [1.54, 1.807) is 6.07 Å². The van der Waals surface area contributed by atoms with E-state index in [9.17, 15) is 4.39 Å². The van der Waals surface area contributed by atoms with Crippen molar-refractivity contribution in [3.8, 4) is 0 Å². The molecule has 4 heteroatoms. The zero-order valence-corrected chi connectivity index (χ0v) is 10.7. The number of nitrogens with two attached hydrogens (primary N) is 1. The quantitative estimate of drug-likeness (QED) is 0.846. The van der Waals surface area contributed by atoms with Gasteiger partial charge < -0.3 is 11.1 Å². The number of hydrogen-bond donors (Lipinski definition) is 2. The summed E-state index contributed by atoms with van der Waals surface area (Å²) in [4.78, 5) is 0. The van der Waals surface area contributed by atoms with E-state index in [1.165, 1.54) is 6.07 Å². The van der Waals surface area contributed by atoms with E-state index in [2.05, 4.69) is 21.2 Å². The standard InChI is InChI=1S/C13H12BrFN2/c14-10-6-12(16)13(7-11(10)15)17-8-9-4-2-1-3-5-9/h1-7,17H,8,16H2. The molecule has 3 N–H and O–H groups in total. The van der Waals surface area contributed by atoms with Crippen LogP contribution in [0.15, 0.2) is 46.9 Å². The van der Waals surface area contributed by atoms with Gasteiger partial charge in [-0.25, -0.2) is 4.39 Å². The summed E-state index contributed by atoms with van der Waals surface area (Å²) in [7, 11) is 0. The largest absolute Gasteiger partial charge is 0.397 e. The number of rotatable bonds is 3. The number of benzene rings is 2. The second-order valence-electron chi connectivity index (χ2n) is 3.69. The van der Waals surface area contributed by atoms with Crippen LogP contribution in [0.3, 0.4) is 0 Å². The molecular formula is C13H12BrFN2. The van der Waals surface area contributed by atoms with Crippen molar-refractivity contribution in [2.45, 2.75) is 6.54 Å². The molecule has 2 nitrogen and oxygen atoms in total. The first-order valence-corrected chi connectivity index (χ1v) is 5.98. The molecule has 0 spiro atoms. The maximum absolute atomic E-state index is 13.3. The fourth-order valence-electron chi connectivity index (χ4n) is 1.51. The van der Waals surface area contributed by atoms with E-state index >= 15 is 0 Å². The Balaban J connectivity index is 2.12. The molecule has 2 aromatic carbocycles. The van der Waals surface area contributed by atoms with Crippen LogP contribution < -0.4 is 11.1 Å². The summed E-state index contributed by atoms with van der Waals surface area (Å²) in [5.41, 5.74) is 8.04. The first kappa shape index (κ1) is 11.9. The van der Waals surface area contributed by atoms with Gasteiger partial charge in [0.05, 0.1) is 15.8 Å². The fraction of sp³-hybridized carbons (Fsp3) is 0.0769. The number of halogens is 2. The summed E-state index contributed by atoms with van der Waals surface area (Å²) in [6, 6.07) is 12.8. The predicted octanol–water partition coefficient (Wildman–Crippen LogP) is 3.78. The van der Waals surface area contributed by atoms with E-state index in [0.717, 1.165) is 5.56 Å². The van der Waals surface area contributed by atoms with Crippen LogP contribution in [0.2, 0.25) is 0 Å². The van der Waals surface area contributed by atoms with Gasteiger partial charge in [0.15, 0.2) is 0 Å². The molecule has 0 aliphatic carbocycles. The molecule has 0 aliphatic rings. The highest BCUT2D eigenvalue weighted by Crippen LogP contribution is 2.26. The van der Waals surface area contributed by atoms with Gasteiger partial charge in [-0.2, -0.15) is 0 Å².